The van der Waals surface area contributed by atoms with E-state index < -0.39 is 0 Å². The Morgan fingerprint density at radius 2 is 2.20 bits per heavy atom. The van der Waals surface area contributed by atoms with Crippen LogP contribution in [0.2, 0.25) is 0 Å². The van der Waals surface area contributed by atoms with Crippen LogP contribution in [0.5, 0.6) is 0 Å². The molecule has 1 aromatic rings. The van der Waals surface area contributed by atoms with E-state index in [9.17, 15) is 15.2 Å². The van der Waals surface area contributed by atoms with E-state index in [0.29, 0.717) is 22.9 Å². The standard InChI is InChI=1S/C14H17BrN2O3/c15-14-10(2-1-3-12(14)17(19)20)7-16-6-9-4-5-13(18)11(9)8-16/h1-3,9,11,13,18H,4-8H2. The molecule has 5 nitrogen and oxygen atoms in total. The smallest absolute Gasteiger partial charge is 0.283 e. The maximum Gasteiger partial charge on any atom is 0.283 e. The number of nitrogens with zero attached hydrogens (tertiary/aromatic N) is 2. The van der Waals surface area contributed by atoms with Crippen LogP contribution in [0.3, 0.4) is 0 Å². The van der Waals surface area contributed by atoms with Gasteiger partial charge >= 0.3 is 0 Å². The number of nitro benzene ring substituents is 1. The quantitative estimate of drug-likeness (QED) is 0.678. The summed E-state index contributed by atoms with van der Waals surface area (Å²) in [5, 5.41) is 20.9. The van der Waals surface area contributed by atoms with Crippen LogP contribution < -0.4 is 0 Å². The molecule has 0 amide bonds. The number of hydrogen-bond acceptors (Lipinski definition) is 4. The zero-order valence-corrected chi connectivity index (χ0v) is 12.6. The molecule has 6 heteroatoms. The average Bonchev–Trinajstić information content (AvgIpc) is 2.94. The summed E-state index contributed by atoms with van der Waals surface area (Å²) in [7, 11) is 0. The maximum atomic E-state index is 10.9. The Morgan fingerprint density at radius 1 is 1.40 bits per heavy atom. The van der Waals surface area contributed by atoms with Crippen molar-refractivity contribution >= 4 is 21.6 Å². The van der Waals surface area contributed by atoms with Crippen molar-refractivity contribution in [1.82, 2.24) is 4.90 Å². The number of aliphatic hydroxyl groups excluding tert-OH is 1. The summed E-state index contributed by atoms with van der Waals surface area (Å²) in [5.41, 5.74) is 1.05. The lowest BCUT2D eigenvalue weighted by Crippen LogP contribution is -2.24. The van der Waals surface area contributed by atoms with Gasteiger partial charge in [-0.25, -0.2) is 0 Å². The molecular formula is C14H17BrN2O3. The normalized spacial score (nSPS) is 29.6. The third-order valence-corrected chi connectivity index (χ3v) is 5.46. The van der Waals surface area contributed by atoms with Gasteiger partial charge in [0.25, 0.3) is 5.69 Å². The van der Waals surface area contributed by atoms with Gasteiger partial charge < -0.3 is 5.11 Å². The molecule has 1 aliphatic heterocycles. The summed E-state index contributed by atoms with van der Waals surface area (Å²) in [5.74, 6) is 0.968. The van der Waals surface area contributed by atoms with E-state index in [0.717, 1.165) is 31.5 Å². The van der Waals surface area contributed by atoms with Crippen molar-refractivity contribution in [3.05, 3.63) is 38.3 Å². The highest BCUT2D eigenvalue weighted by Gasteiger charge is 2.41. The molecule has 1 saturated carbocycles. The lowest BCUT2D eigenvalue weighted by Gasteiger charge is -2.18. The highest BCUT2D eigenvalue weighted by Crippen LogP contribution is 2.39. The summed E-state index contributed by atoms with van der Waals surface area (Å²) in [6.07, 6.45) is 1.85. The van der Waals surface area contributed by atoms with Crippen LogP contribution in [-0.2, 0) is 6.54 Å². The molecule has 2 fully saturated rings. The van der Waals surface area contributed by atoms with Crippen molar-refractivity contribution in [2.75, 3.05) is 13.1 Å². The number of likely N-dealkylation sites (tertiary alicyclic amines) is 1. The van der Waals surface area contributed by atoms with Crippen LogP contribution in [0.4, 0.5) is 5.69 Å². The van der Waals surface area contributed by atoms with Gasteiger partial charge in [0.15, 0.2) is 0 Å². The average molecular weight is 341 g/mol. The Bertz CT molecular complexity index is 537. The number of aliphatic hydroxyl groups is 1. The van der Waals surface area contributed by atoms with Gasteiger partial charge in [-0.15, -0.1) is 0 Å². The molecule has 3 atom stereocenters. The van der Waals surface area contributed by atoms with Crippen LogP contribution >= 0.6 is 15.9 Å². The summed E-state index contributed by atoms with van der Waals surface area (Å²) < 4.78 is 0.572. The number of halogens is 1. The molecule has 1 aromatic carbocycles. The van der Waals surface area contributed by atoms with Gasteiger partial charge in [0, 0.05) is 31.6 Å². The monoisotopic (exact) mass is 340 g/mol. The molecule has 1 N–H and O–H groups in total. The summed E-state index contributed by atoms with van der Waals surface area (Å²) in [6, 6.07) is 5.15. The van der Waals surface area contributed by atoms with Crippen molar-refractivity contribution in [2.45, 2.75) is 25.5 Å². The van der Waals surface area contributed by atoms with Crippen molar-refractivity contribution < 1.29 is 10.0 Å². The highest BCUT2D eigenvalue weighted by atomic mass is 79.9. The first kappa shape index (κ1) is 14.0. The first-order valence-corrected chi connectivity index (χ1v) is 7.67. The van der Waals surface area contributed by atoms with E-state index >= 15 is 0 Å². The van der Waals surface area contributed by atoms with Gasteiger partial charge in [-0.3, -0.25) is 15.0 Å². The topological polar surface area (TPSA) is 66.6 Å². The first-order valence-electron chi connectivity index (χ1n) is 6.88. The first-order chi connectivity index (χ1) is 9.56. The molecule has 1 aliphatic carbocycles. The molecule has 3 rings (SSSR count). The lowest BCUT2D eigenvalue weighted by atomic mass is 10.00. The zero-order chi connectivity index (χ0) is 14.3. The third kappa shape index (κ3) is 2.47. The SMILES string of the molecule is O=[N+]([O-])c1cccc(CN2CC3CCC(O)C3C2)c1Br. The largest absolute Gasteiger partial charge is 0.393 e. The Labute approximate surface area is 125 Å². The lowest BCUT2D eigenvalue weighted by molar-refractivity contribution is -0.385. The molecule has 3 unspecified atom stereocenters. The number of benzene rings is 1. The number of rotatable bonds is 3. The molecule has 1 saturated heterocycles. The predicted octanol–water partition coefficient (Wildman–Crippen LogP) is 2.56. The van der Waals surface area contributed by atoms with Gasteiger partial charge in [-0.2, -0.15) is 0 Å². The van der Waals surface area contributed by atoms with Crippen LogP contribution in [-0.4, -0.2) is 34.1 Å². The van der Waals surface area contributed by atoms with Gasteiger partial charge in [0.2, 0.25) is 0 Å². The Kier molecular flexibility index (Phi) is 3.79. The van der Waals surface area contributed by atoms with Gasteiger partial charge in [-0.1, -0.05) is 12.1 Å². The molecule has 0 aromatic heterocycles. The second-order valence-electron chi connectivity index (χ2n) is 5.77. The molecule has 0 bridgehead atoms. The summed E-state index contributed by atoms with van der Waals surface area (Å²) >= 11 is 3.34. The van der Waals surface area contributed by atoms with Gasteiger partial charge in [-0.05, 0) is 40.3 Å². The Morgan fingerprint density at radius 3 is 2.90 bits per heavy atom. The van der Waals surface area contributed by atoms with Gasteiger partial charge in [0.1, 0.15) is 0 Å². The number of nitro groups is 1. The van der Waals surface area contributed by atoms with E-state index in [2.05, 4.69) is 20.8 Å². The predicted molar refractivity (Wildman–Crippen MR) is 78.3 cm³/mol. The van der Waals surface area contributed by atoms with Crippen molar-refractivity contribution in [2.24, 2.45) is 11.8 Å². The van der Waals surface area contributed by atoms with E-state index in [1.807, 2.05) is 6.07 Å². The highest BCUT2D eigenvalue weighted by molar-refractivity contribution is 9.10. The van der Waals surface area contributed by atoms with Crippen LogP contribution in [0, 0.1) is 22.0 Å². The van der Waals surface area contributed by atoms with E-state index in [1.165, 1.54) is 6.07 Å². The molecule has 20 heavy (non-hydrogen) atoms. The molecule has 108 valence electrons. The minimum atomic E-state index is -0.365. The fourth-order valence-corrected chi connectivity index (χ4v) is 4.06. The Hall–Kier alpha value is -0.980. The second-order valence-corrected chi connectivity index (χ2v) is 6.56. The summed E-state index contributed by atoms with van der Waals surface area (Å²) in [4.78, 5) is 12.9. The van der Waals surface area contributed by atoms with E-state index in [4.69, 9.17) is 0 Å². The molecule has 0 radical (unpaired) electrons. The Balaban J connectivity index is 1.73. The third-order valence-electron chi connectivity index (χ3n) is 4.54. The summed E-state index contributed by atoms with van der Waals surface area (Å²) in [6.45, 7) is 2.57. The minimum Gasteiger partial charge on any atom is -0.393 e. The van der Waals surface area contributed by atoms with Crippen LogP contribution in [0.15, 0.2) is 22.7 Å². The number of fused-ring (bicyclic) bond motifs is 1. The van der Waals surface area contributed by atoms with Crippen molar-refractivity contribution in [3.63, 3.8) is 0 Å². The molecule has 2 aliphatic rings. The molecular weight excluding hydrogens is 324 g/mol. The molecule has 0 spiro atoms. The van der Waals surface area contributed by atoms with Crippen molar-refractivity contribution in [1.29, 1.82) is 0 Å². The minimum absolute atomic E-state index is 0.113. The zero-order valence-electron chi connectivity index (χ0n) is 11.0. The molecule has 1 heterocycles. The second kappa shape index (κ2) is 5.42. The number of hydrogen-bond donors (Lipinski definition) is 1. The maximum absolute atomic E-state index is 10.9. The van der Waals surface area contributed by atoms with Crippen LogP contribution in [0.25, 0.3) is 0 Å². The fourth-order valence-electron chi connectivity index (χ4n) is 3.53. The van der Waals surface area contributed by atoms with Crippen LogP contribution in [0.1, 0.15) is 18.4 Å². The van der Waals surface area contributed by atoms with Crippen molar-refractivity contribution in [3.8, 4) is 0 Å². The fraction of sp³-hybridized carbons (Fsp3) is 0.571. The van der Waals surface area contributed by atoms with E-state index in [-0.39, 0.29) is 16.7 Å². The van der Waals surface area contributed by atoms with Gasteiger partial charge in [0.05, 0.1) is 15.5 Å². The van der Waals surface area contributed by atoms with E-state index in [1.54, 1.807) is 6.07 Å².